The molecule has 0 aliphatic carbocycles. The molecule has 3 aromatic rings. The summed E-state index contributed by atoms with van der Waals surface area (Å²) in [6.45, 7) is 9.44. The maximum Gasteiger partial charge on any atom is 0.256 e. The molecule has 2 aromatic heterocycles. The number of H-pyrrole nitrogens is 1. The lowest BCUT2D eigenvalue weighted by Gasteiger charge is -2.18. The van der Waals surface area contributed by atoms with Gasteiger partial charge in [0.25, 0.3) is 11.8 Å². The maximum absolute atomic E-state index is 13.2. The molecule has 7 heteroatoms. The zero-order valence-corrected chi connectivity index (χ0v) is 19.4. The smallest absolute Gasteiger partial charge is 0.256 e. The minimum Gasteiger partial charge on any atom is -0.358 e. The first-order valence-electron chi connectivity index (χ1n) is 10.9. The van der Waals surface area contributed by atoms with Crippen molar-refractivity contribution < 1.29 is 9.59 Å². The van der Waals surface area contributed by atoms with Gasteiger partial charge < -0.3 is 20.5 Å². The predicted molar refractivity (Wildman–Crippen MR) is 132 cm³/mol. The first kappa shape index (κ1) is 22.0. The van der Waals surface area contributed by atoms with Crippen molar-refractivity contribution in [1.29, 1.82) is 0 Å². The fraction of sp³-hybridized carbons (Fsp3) is 0.280. The number of aromatic amines is 1. The minimum absolute atomic E-state index is 0.104. The minimum atomic E-state index is -0.139. The van der Waals surface area contributed by atoms with E-state index in [2.05, 4.69) is 34.4 Å². The third-order valence-electron chi connectivity index (χ3n) is 5.86. The molecule has 0 saturated heterocycles. The van der Waals surface area contributed by atoms with E-state index in [1.807, 2.05) is 54.1 Å². The average Bonchev–Trinajstić information content (AvgIpc) is 3.49. The highest BCUT2D eigenvalue weighted by Crippen LogP contribution is 2.37. The van der Waals surface area contributed by atoms with E-state index in [0.29, 0.717) is 17.7 Å². The molecule has 0 spiro atoms. The van der Waals surface area contributed by atoms with Crippen LogP contribution in [0.4, 0.5) is 5.69 Å². The number of hydrogen-bond donors (Lipinski definition) is 3. The highest BCUT2D eigenvalue weighted by molar-refractivity contribution is 7.08. The summed E-state index contributed by atoms with van der Waals surface area (Å²) >= 11 is 1.58. The molecule has 32 heavy (non-hydrogen) atoms. The van der Waals surface area contributed by atoms with E-state index < -0.39 is 0 Å². The Morgan fingerprint density at radius 1 is 1.19 bits per heavy atom. The Hall–Kier alpha value is -3.16. The summed E-state index contributed by atoms with van der Waals surface area (Å²) < 4.78 is 0. The first-order valence-corrected chi connectivity index (χ1v) is 11.9. The molecule has 4 rings (SSSR count). The van der Waals surface area contributed by atoms with Crippen molar-refractivity contribution in [3.05, 3.63) is 63.6 Å². The van der Waals surface area contributed by atoms with Crippen LogP contribution in [0.15, 0.2) is 41.1 Å². The molecule has 0 saturated carbocycles. The molecule has 0 unspecified atom stereocenters. The largest absolute Gasteiger partial charge is 0.358 e. The lowest BCUT2D eigenvalue weighted by molar-refractivity contribution is -0.110. The van der Waals surface area contributed by atoms with Gasteiger partial charge in [-0.05, 0) is 54.5 Å². The molecular formula is C25H28N4O2S. The van der Waals surface area contributed by atoms with Gasteiger partial charge in [0.2, 0.25) is 0 Å². The van der Waals surface area contributed by atoms with E-state index >= 15 is 0 Å². The summed E-state index contributed by atoms with van der Waals surface area (Å²) in [7, 11) is 0. The average molecular weight is 449 g/mol. The molecule has 3 N–H and O–H groups in total. The molecule has 1 aromatic carbocycles. The molecule has 2 amide bonds. The number of carbonyl (C=O) groups is 2. The zero-order chi connectivity index (χ0) is 22.7. The Balaban J connectivity index is 1.71. The predicted octanol–water partition coefficient (Wildman–Crippen LogP) is 4.62. The number of benzene rings is 1. The Morgan fingerprint density at radius 2 is 1.97 bits per heavy atom. The Kier molecular flexibility index (Phi) is 6.58. The number of fused-ring (bicyclic) bond motifs is 1. The number of nitrogens with one attached hydrogen (secondary N) is 3. The SMILES string of the molecule is CCN(CC)CCNC(=O)c1c(C)[nH]c(/C=C2\C(=O)Nc3ccccc32)c1-c1ccsc1. The number of thiophene rings is 1. The number of para-hydroxylation sites is 1. The van der Waals surface area contributed by atoms with Crippen LogP contribution in [0.5, 0.6) is 0 Å². The van der Waals surface area contributed by atoms with Crippen LogP contribution in [0.3, 0.4) is 0 Å². The molecule has 0 fully saturated rings. The van der Waals surface area contributed by atoms with E-state index in [1.165, 1.54) is 0 Å². The number of anilines is 1. The number of aromatic nitrogens is 1. The van der Waals surface area contributed by atoms with Crippen molar-refractivity contribution in [3.8, 4) is 11.1 Å². The highest BCUT2D eigenvalue weighted by Gasteiger charge is 2.26. The van der Waals surface area contributed by atoms with Crippen LogP contribution in [0.1, 0.15) is 41.2 Å². The summed E-state index contributed by atoms with van der Waals surface area (Å²) in [6, 6.07) is 9.65. The number of nitrogens with zero attached hydrogens (tertiary/aromatic N) is 1. The molecular weight excluding hydrogens is 420 g/mol. The Labute approximate surface area is 192 Å². The van der Waals surface area contributed by atoms with Crippen LogP contribution in [0, 0.1) is 6.92 Å². The Bertz CT molecular complexity index is 1160. The quantitative estimate of drug-likeness (QED) is 0.440. The van der Waals surface area contributed by atoms with Gasteiger partial charge >= 0.3 is 0 Å². The van der Waals surface area contributed by atoms with Gasteiger partial charge in [-0.2, -0.15) is 11.3 Å². The van der Waals surface area contributed by atoms with Crippen molar-refractivity contribution >= 4 is 40.5 Å². The lowest BCUT2D eigenvalue weighted by atomic mass is 9.99. The molecule has 1 aliphatic heterocycles. The normalized spacial score (nSPS) is 14.1. The van der Waals surface area contributed by atoms with Crippen molar-refractivity contribution in [2.75, 3.05) is 31.5 Å². The number of likely N-dealkylation sites (N-methyl/N-ethyl adjacent to an activating group) is 1. The topological polar surface area (TPSA) is 77.2 Å². The molecule has 6 nitrogen and oxygen atoms in total. The van der Waals surface area contributed by atoms with Gasteiger partial charge in [-0.25, -0.2) is 0 Å². The van der Waals surface area contributed by atoms with Crippen molar-refractivity contribution in [2.24, 2.45) is 0 Å². The molecule has 0 bridgehead atoms. The van der Waals surface area contributed by atoms with Gasteiger partial charge in [-0.15, -0.1) is 0 Å². The van der Waals surface area contributed by atoms with Gasteiger partial charge in [0, 0.05) is 41.3 Å². The number of rotatable bonds is 8. The standard InChI is InChI=1S/C25H28N4O2S/c1-4-29(5-2)12-11-26-25(31)22-16(3)27-21(23(22)17-10-13-32-15-17)14-19-18-8-6-7-9-20(18)28-24(19)30/h6-10,13-15,27H,4-5,11-12H2,1-3H3,(H,26,31)(H,28,30)/b19-14-. The second-order valence-corrected chi connectivity index (χ2v) is 8.55. The van der Waals surface area contributed by atoms with Crippen LogP contribution in [-0.2, 0) is 4.79 Å². The van der Waals surface area contributed by atoms with E-state index in [1.54, 1.807) is 11.3 Å². The lowest BCUT2D eigenvalue weighted by Crippen LogP contribution is -2.35. The van der Waals surface area contributed by atoms with Gasteiger partial charge in [-0.1, -0.05) is 32.0 Å². The van der Waals surface area contributed by atoms with Crippen molar-refractivity contribution in [3.63, 3.8) is 0 Å². The molecule has 3 heterocycles. The molecule has 166 valence electrons. The summed E-state index contributed by atoms with van der Waals surface area (Å²) in [5.74, 6) is -0.243. The summed E-state index contributed by atoms with van der Waals surface area (Å²) in [5, 5.41) is 10.0. The van der Waals surface area contributed by atoms with Gasteiger partial charge in [-0.3, -0.25) is 9.59 Å². The van der Waals surface area contributed by atoms with Crippen LogP contribution < -0.4 is 10.6 Å². The number of amides is 2. The molecule has 0 radical (unpaired) electrons. The molecule has 0 atom stereocenters. The van der Waals surface area contributed by atoms with Gasteiger partial charge in [0.1, 0.15) is 0 Å². The van der Waals surface area contributed by atoms with E-state index in [-0.39, 0.29) is 11.8 Å². The van der Waals surface area contributed by atoms with E-state index in [0.717, 1.165) is 53.4 Å². The summed E-state index contributed by atoms with van der Waals surface area (Å²) in [5.41, 5.74) is 6.22. The first-order chi connectivity index (χ1) is 15.5. The highest BCUT2D eigenvalue weighted by atomic mass is 32.1. The third kappa shape index (κ3) is 4.26. The fourth-order valence-electron chi connectivity index (χ4n) is 4.13. The third-order valence-corrected chi connectivity index (χ3v) is 6.54. The van der Waals surface area contributed by atoms with Crippen LogP contribution in [-0.4, -0.2) is 47.9 Å². The van der Waals surface area contributed by atoms with E-state index in [9.17, 15) is 9.59 Å². The Morgan fingerprint density at radius 3 is 2.69 bits per heavy atom. The fourth-order valence-corrected chi connectivity index (χ4v) is 4.78. The summed E-state index contributed by atoms with van der Waals surface area (Å²) in [6.07, 6.45) is 1.86. The zero-order valence-electron chi connectivity index (χ0n) is 18.6. The van der Waals surface area contributed by atoms with Crippen molar-refractivity contribution in [1.82, 2.24) is 15.2 Å². The van der Waals surface area contributed by atoms with Crippen molar-refractivity contribution in [2.45, 2.75) is 20.8 Å². The number of carbonyl (C=O) groups excluding carboxylic acids is 2. The maximum atomic E-state index is 13.2. The van der Waals surface area contributed by atoms with Crippen LogP contribution in [0.25, 0.3) is 22.8 Å². The monoisotopic (exact) mass is 448 g/mol. The van der Waals surface area contributed by atoms with Crippen LogP contribution >= 0.6 is 11.3 Å². The van der Waals surface area contributed by atoms with E-state index in [4.69, 9.17) is 0 Å². The number of aryl methyl sites for hydroxylation is 1. The second-order valence-electron chi connectivity index (χ2n) is 7.77. The second kappa shape index (κ2) is 9.54. The summed E-state index contributed by atoms with van der Waals surface area (Å²) in [4.78, 5) is 31.5. The van der Waals surface area contributed by atoms with Gasteiger partial charge in [0.15, 0.2) is 0 Å². The molecule has 1 aliphatic rings. The number of hydrogen-bond acceptors (Lipinski definition) is 4. The van der Waals surface area contributed by atoms with Crippen LogP contribution in [0.2, 0.25) is 0 Å². The van der Waals surface area contributed by atoms with Gasteiger partial charge in [0.05, 0.1) is 11.1 Å².